The molecule has 0 bridgehead atoms. The number of methoxy groups -OCH3 is 1. The average Bonchev–Trinajstić information content (AvgIpc) is 2.91. The van der Waals surface area contributed by atoms with Crippen LogP contribution in [0.25, 0.3) is 11.1 Å². The summed E-state index contributed by atoms with van der Waals surface area (Å²) in [7, 11) is 1.55. The Kier molecular flexibility index (Phi) is 8.64. The van der Waals surface area contributed by atoms with E-state index in [1.165, 1.54) is 12.1 Å². The normalized spacial score (nSPS) is 17.8. The summed E-state index contributed by atoms with van der Waals surface area (Å²) >= 11 is 0. The van der Waals surface area contributed by atoms with E-state index in [0.717, 1.165) is 0 Å². The van der Waals surface area contributed by atoms with E-state index < -0.39 is 23.3 Å². The number of rotatable bonds is 9. The minimum atomic E-state index is -0.921. The molecule has 0 N–H and O–H groups in total. The molecule has 0 aliphatic heterocycles. The molecule has 1 aliphatic carbocycles. The second-order valence-corrected chi connectivity index (χ2v) is 8.99. The minimum absolute atomic E-state index is 0.0165. The van der Waals surface area contributed by atoms with Crippen LogP contribution in [0.5, 0.6) is 5.75 Å². The average molecular weight is 503 g/mol. The van der Waals surface area contributed by atoms with Crippen LogP contribution in [0.15, 0.2) is 48.5 Å². The van der Waals surface area contributed by atoms with E-state index >= 15 is 4.39 Å². The first-order valence-electron chi connectivity index (χ1n) is 12.2. The zero-order chi connectivity index (χ0) is 25.7. The molecule has 1 saturated carbocycles. The summed E-state index contributed by atoms with van der Waals surface area (Å²) in [6, 6.07) is 13.1. The van der Waals surface area contributed by atoms with Crippen LogP contribution < -0.4 is 4.74 Å². The molecule has 36 heavy (non-hydrogen) atoms. The van der Waals surface area contributed by atoms with Crippen LogP contribution in [-0.2, 0) is 22.7 Å². The Balaban J connectivity index is 1.35. The largest absolute Gasteiger partial charge is 0.497 e. The lowest BCUT2D eigenvalue weighted by molar-refractivity contribution is 0.0116. The quantitative estimate of drug-likeness (QED) is 0.281. The summed E-state index contributed by atoms with van der Waals surface area (Å²) in [4.78, 5) is 0. The fourth-order valence-corrected chi connectivity index (χ4v) is 4.69. The number of benzene rings is 3. The minimum Gasteiger partial charge on any atom is -0.497 e. The SMILES string of the molecule is CCOCc1ccc(COC2CCC(c3ccc(-c4ccc(OC)cc4)c(F)c3F)CC2)c(F)c1F. The van der Waals surface area contributed by atoms with Crippen molar-refractivity contribution in [1.29, 1.82) is 0 Å². The molecule has 0 atom stereocenters. The van der Waals surface area contributed by atoms with Crippen LogP contribution in [0.1, 0.15) is 55.2 Å². The zero-order valence-corrected chi connectivity index (χ0v) is 20.5. The first-order chi connectivity index (χ1) is 17.4. The summed E-state index contributed by atoms with van der Waals surface area (Å²) in [6.07, 6.45) is 2.33. The van der Waals surface area contributed by atoms with E-state index in [1.807, 2.05) is 0 Å². The first-order valence-corrected chi connectivity index (χ1v) is 12.2. The molecule has 192 valence electrons. The van der Waals surface area contributed by atoms with Gasteiger partial charge in [0.1, 0.15) is 5.75 Å². The number of hydrogen-bond donors (Lipinski definition) is 0. The molecular formula is C29H30F4O3. The van der Waals surface area contributed by atoms with Crippen molar-refractivity contribution in [2.45, 2.75) is 57.8 Å². The maximum atomic E-state index is 15.0. The molecule has 1 aliphatic rings. The van der Waals surface area contributed by atoms with E-state index in [1.54, 1.807) is 50.4 Å². The third-order valence-corrected chi connectivity index (χ3v) is 6.81. The van der Waals surface area contributed by atoms with Crippen molar-refractivity contribution >= 4 is 0 Å². The summed E-state index contributed by atoms with van der Waals surface area (Å²) in [5.74, 6) is -3.00. The Labute approximate surface area is 209 Å². The molecule has 3 aromatic carbocycles. The van der Waals surface area contributed by atoms with Gasteiger partial charge in [-0.15, -0.1) is 0 Å². The van der Waals surface area contributed by atoms with Gasteiger partial charge in [-0.25, -0.2) is 17.6 Å². The molecule has 0 spiro atoms. The second kappa shape index (κ2) is 11.9. The molecular weight excluding hydrogens is 472 g/mol. The molecule has 3 aromatic rings. The van der Waals surface area contributed by atoms with Gasteiger partial charge in [0.2, 0.25) is 0 Å². The van der Waals surface area contributed by atoms with Crippen LogP contribution in [0, 0.1) is 23.3 Å². The molecule has 3 nitrogen and oxygen atoms in total. The van der Waals surface area contributed by atoms with Gasteiger partial charge >= 0.3 is 0 Å². The lowest BCUT2D eigenvalue weighted by Gasteiger charge is -2.29. The predicted molar refractivity (Wildman–Crippen MR) is 130 cm³/mol. The van der Waals surface area contributed by atoms with Crippen molar-refractivity contribution in [3.05, 3.63) is 88.5 Å². The summed E-state index contributed by atoms with van der Waals surface area (Å²) in [6.45, 7) is 2.17. The molecule has 0 radical (unpaired) electrons. The summed E-state index contributed by atoms with van der Waals surface area (Å²) < 4.78 is 74.7. The molecule has 1 fully saturated rings. The molecule has 0 aromatic heterocycles. The smallest absolute Gasteiger partial charge is 0.166 e. The molecule has 7 heteroatoms. The van der Waals surface area contributed by atoms with E-state index in [4.69, 9.17) is 14.2 Å². The third kappa shape index (κ3) is 5.73. The maximum Gasteiger partial charge on any atom is 0.166 e. The van der Waals surface area contributed by atoms with Crippen LogP contribution >= 0.6 is 0 Å². The topological polar surface area (TPSA) is 27.7 Å². The van der Waals surface area contributed by atoms with E-state index in [9.17, 15) is 13.2 Å². The van der Waals surface area contributed by atoms with Crippen LogP contribution in [0.3, 0.4) is 0 Å². The van der Waals surface area contributed by atoms with Crippen molar-refractivity contribution in [3.8, 4) is 16.9 Å². The predicted octanol–water partition coefficient (Wildman–Crippen LogP) is 7.70. The van der Waals surface area contributed by atoms with Crippen molar-refractivity contribution in [1.82, 2.24) is 0 Å². The fourth-order valence-electron chi connectivity index (χ4n) is 4.69. The van der Waals surface area contributed by atoms with E-state index in [0.29, 0.717) is 49.2 Å². The van der Waals surface area contributed by atoms with Crippen LogP contribution in [0.4, 0.5) is 17.6 Å². The fraction of sp³-hybridized carbons (Fsp3) is 0.379. The van der Waals surface area contributed by atoms with Crippen LogP contribution in [-0.4, -0.2) is 19.8 Å². The Morgan fingerprint density at radius 1 is 0.722 bits per heavy atom. The van der Waals surface area contributed by atoms with E-state index in [2.05, 4.69) is 0 Å². The Morgan fingerprint density at radius 2 is 1.36 bits per heavy atom. The van der Waals surface area contributed by atoms with Crippen LogP contribution in [0.2, 0.25) is 0 Å². The van der Waals surface area contributed by atoms with Gasteiger partial charge in [0.05, 0.1) is 26.4 Å². The highest BCUT2D eigenvalue weighted by Gasteiger charge is 2.27. The van der Waals surface area contributed by atoms with Crippen molar-refractivity contribution in [2.75, 3.05) is 13.7 Å². The van der Waals surface area contributed by atoms with Crippen molar-refractivity contribution < 1.29 is 31.8 Å². The van der Waals surface area contributed by atoms with Gasteiger partial charge in [0.25, 0.3) is 0 Å². The van der Waals surface area contributed by atoms with Gasteiger partial charge in [-0.2, -0.15) is 0 Å². The second-order valence-electron chi connectivity index (χ2n) is 8.99. The maximum absolute atomic E-state index is 15.0. The highest BCUT2D eigenvalue weighted by atomic mass is 19.2. The lowest BCUT2D eigenvalue weighted by Crippen LogP contribution is -2.22. The Morgan fingerprint density at radius 3 is 1.97 bits per heavy atom. The number of ether oxygens (including phenoxy) is 3. The van der Waals surface area contributed by atoms with Crippen molar-refractivity contribution in [2.24, 2.45) is 0 Å². The highest BCUT2D eigenvalue weighted by molar-refractivity contribution is 5.65. The molecule has 4 rings (SSSR count). The van der Waals surface area contributed by atoms with Gasteiger partial charge in [0, 0.05) is 23.3 Å². The first kappa shape index (κ1) is 26.2. The van der Waals surface area contributed by atoms with Crippen molar-refractivity contribution in [3.63, 3.8) is 0 Å². The summed E-state index contributed by atoms with van der Waals surface area (Å²) in [5, 5.41) is 0. The third-order valence-electron chi connectivity index (χ3n) is 6.81. The molecule has 0 heterocycles. The Hall–Kier alpha value is -2.90. The van der Waals surface area contributed by atoms with Gasteiger partial charge < -0.3 is 14.2 Å². The number of halogens is 4. The molecule has 0 amide bonds. The standard InChI is InChI=1S/C29H30F4O3/c1-3-35-16-20-4-5-21(27(31)26(20)30)17-36-23-12-8-19(9-13-23)25-15-14-24(28(32)29(25)33)18-6-10-22(34-2)11-7-18/h4-7,10-11,14-15,19,23H,3,8-9,12-13,16-17H2,1-2H3. The van der Waals surface area contributed by atoms with Gasteiger partial charge in [-0.3, -0.25) is 0 Å². The lowest BCUT2D eigenvalue weighted by atomic mass is 9.82. The van der Waals surface area contributed by atoms with Gasteiger partial charge in [-0.1, -0.05) is 36.4 Å². The summed E-state index contributed by atoms with van der Waals surface area (Å²) in [5.41, 5.74) is 1.46. The number of hydrogen-bond acceptors (Lipinski definition) is 3. The van der Waals surface area contributed by atoms with Gasteiger partial charge in [0.15, 0.2) is 23.3 Å². The van der Waals surface area contributed by atoms with Gasteiger partial charge in [-0.05, 0) is 61.8 Å². The zero-order valence-electron chi connectivity index (χ0n) is 20.5. The monoisotopic (exact) mass is 502 g/mol. The molecule has 0 saturated heterocycles. The molecule has 0 unspecified atom stereocenters. The van der Waals surface area contributed by atoms with E-state index in [-0.39, 0.29) is 41.9 Å². The Bertz CT molecular complexity index is 1170. The highest BCUT2D eigenvalue weighted by Crippen LogP contribution is 2.38.